The highest BCUT2D eigenvalue weighted by Crippen LogP contribution is 2.29. The van der Waals surface area contributed by atoms with Crippen LogP contribution in [0.15, 0.2) is 113 Å². The molecule has 10 heteroatoms. The van der Waals surface area contributed by atoms with Crippen LogP contribution in [0.2, 0.25) is 0 Å². The Balaban J connectivity index is 1.46. The predicted octanol–water partition coefficient (Wildman–Crippen LogP) is 5.61. The van der Waals surface area contributed by atoms with Crippen LogP contribution >= 0.6 is 22.6 Å². The van der Waals surface area contributed by atoms with Gasteiger partial charge < -0.3 is 9.47 Å². The highest BCUT2D eigenvalue weighted by atomic mass is 127. The van der Waals surface area contributed by atoms with Gasteiger partial charge in [-0.05, 0) is 95.2 Å². The van der Waals surface area contributed by atoms with Gasteiger partial charge in [-0.2, -0.15) is 5.10 Å². The molecule has 0 aliphatic carbocycles. The topological polar surface area (TPSA) is 97.3 Å². The SMILES string of the molecule is CCOc1cc(/C=N\NC(=O)CN(c2ccc(I)cc2)S(=O)(=O)c2ccccc2)ccc1OCc1ccccc1. The molecule has 40 heavy (non-hydrogen) atoms. The molecule has 0 heterocycles. The van der Waals surface area contributed by atoms with E-state index < -0.39 is 22.5 Å². The van der Waals surface area contributed by atoms with E-state index in [1.807, 2.05) is 37.3 Å². The number of carbonyl (C=O) groups is 1. The molecule has 0 saturated carbocycles. The van der Waals surface area contributed by atoms with Gasteiger partial charge >= 0.3 is 0 Å². The molecule has 8 nitrogen and oxygen atoms in total. The fourth-order valence-corrected chi connectivity index (χ4v) is 5.52. The fraction of sp³-hybridized carbons (Fsp3) is 0.133. The molecule has 0 bridgehead atoms. The molecule has 4 aromatic rings. The molecule has 0 atom stereocenters. The Morgan fingerprint density at radius 2 is 1.57 bits per heavy atom. The Hall–Kier alpha value is -3.90. The van der Waals surface area contributed by atoms with Crippen LogP contribution in [0.4, 0.5) is 5.69 Å². The van der Waals surface area contributed by atoms with Gasteiger partial charge in [0, 0.05) is 3.57 Å². The Morgan fingerprint density at radius 1 is 0.900 bits per heavy atom. The third-order valence-corrected chi connectivity index (χ3v) is 8.15. The van der Waals surface area contributed by atoms with E-state index in [1.54, 1.807) is 60.7 Å². The lowest BCUT2D eigenvalue weighted by atomic mass is 10.2. The maximum atomic E-state index is 13.4. The molecule has 0 spiro atoms. The summed E-state index contributed by atoms with van der Waals surface area (Å²) in [6.45, 7) is 2.27. The van der Waals surface area contributed by atoms with Crippen molar-refractivity contribution in [3.05, 3.63) is 118 Å². The Bertz CT molecular complexity index is 1550. The Morgan fingerprint density at radius 3 is 2.25 bits per heavy atom. The van der Waals surface area contributed by atoms with Gasteiger partial charge in [0.1, 0.15) is 13.2 Å². The first kappa shape index (κ1) is 29.1. The summed E-state index contributed by atoms with van der Waals surface area (Å²) in [5, 5.41) is 4.04. The van der Waals surface area contributed by atoms with Gasteiger partial charge in [0.05, 0.1) is 23.4 Å². The van der Waals surface area contributed by atoms with Crippen LogP contribution in [-0.2, 0) is 21.4 Å². The number of carbonyl (C=O) groups excluding carboxylic acids is 1. The first-order chi connectivity index (χ1) is 19.4. The predicted molar refractivity (Wildman–Crippen MR) is 164 cm³/mol. The summed E-state index contributed by atoms with van der Waals surface area (Å²) in [7, 11) is -3.99. The maximum absolute atomic E-state index is 13.4. The van der Waals surface area contributed by atoms with Gasteiger partial charge in [-0.1, -0.05) is 48.5 Å². The zero-order chi connectivity index (χ0) is 28.4. The number of nitrogens with one attached hydrogen (secondary N) is 1. The smallest absolute Gasteiger partial charge is 0.264 e. The van der Waals surface area contributed by atoms with Crippen molar-refractivity contribution < 1.29 is 22.7 Å². The minimum atomic E-state index is -3.99. The van der Waals surface area contributed by atoms with Crippen molar-refractivity contribution in [3.8, 4) is 11.5 Å². The Labute approximate surface area is 247 Å². The second-order valence-electron chi connectivity index (χ2n) is 8.51. The van der Waals surface area contributed by atoms with Crippen LogP contribution < -0.4 is 19.2 Å². The van der Waals surface area contributed by atoms with E-state index in [2.05, 4.69) is 33.1 Å². The normalized spacial score (nSPS) is 11.2. The molecule has 206 valence electrons. The molecule has 0 saturated heterocycles. The molecule has 1 amide bonds. The molecule has 0 aromatic heterocycles. The van der Waals surface area contributed by atoms with E-state index in [0.29, 0.717) is 36.0 Å². The number of hydrogen-bond acceptors (Lipinski definition) is 6. The number of amides is 1. The van der Waals surface area contributed by atoms with E-state index in [4.69, 9.17) is 9.47 Å². The van der Waals surface area contributed by atoms with Crippen molar-refractivity contribution in [2.75, 3.05) is 17.5 Å². The lowest BCUT2D eigenvalue weighted by Gasteiger charge is -2.23. The van der Waals surface area contributed by atoms with Crippen molar-refractivity contribution in [2.24, 2.45) is 5.10 Å². The number of rotatable bonds is 12. The van der Waals surface area contributed by atoms with Crippen molar-refractivity contribution in [2.45, 2.75) is 18.4 Å². The van der Waals surface area contributed by atoms with E-state index in [1.165, 1.54) is 18.3 Å². The Kier molecular flexibility index (Phi) is 10.1. The summed E-state index contributed by atoms with van der Waals surface area (Å²) >= 11 is 2.13. The number of hydrazone groups is 1. The van der Waals surface area contributed by atoms with Crippen LogP contribution in [0.1, 0.15) is 18.1 Å². The van der Waals surface area contributed by atoms with Gasteiger partial charge in [-0.25, -0.2) is 13.8 Å². The molecule has 0 aliphatic heterocycles. The number of sulfonamides is 1. The van der Waals surface area contributed by atoms with E-state index in [9.17, 15) is 13.2 Å². The summed E-state index contributed by atoms with van der Waals surface area (Å²) in [6, 6.07) is 30.0. The number of ether oxygens (including phenoxy) is 2. The third kappa shape index (κ3) is 7.82. The summed E-state index contributed by atoms with van der Waals surface area (Å²) < 4.78 is 40.5. The van der Waals surface area contributed by atoms with Gasteiger partial charge in [-0.15, -0.1) is 0 Å². The minimum Gasteiger partial charge on any atom is -0.490 e. The van der Waals surface area contributed by atoms with Gasteiger partial charge in [0.25, 0.3) is 15.9 Å². The highest BCUT2D eigenvalue weighted by molar-refractivity contribution is 14.1. The molecule has 0 fully saturated rings. The zero-order valence-electron chi connectivity index (χ0n) is 21.7. The van der Waals surface area contributed by atoms with Crippen LogP contribution in [0.5, 0.6) is 11.5 Å². The quantitative estimate of drug-likeness (QED) is 0.120. The molecule has 1 N–H and O–H groups in total. The van der Waals surface area contributed by atoms with Crippen LogP contribution in [0.25, 0.3) is 0 Å². The largest absolute Gasteiger partial charge is 0.490 e. The van der Waals surface area contributed by atoms with E-state index in [-0.39, 0.29) is 4.90 Å². The number of nitrogens with zero attached hydrogens (tertiary/aromatic N) is 2. The average Bonchev–Trinajstić information content (AvgIpc) is 2.97. The average molecular weight is 670 g/mol. The summed E-state index contributed by atoms with van der Waals surface area (Å²) in [5.74, 6) is 0.542. The van der Waals surface area contributed by atoms with Crippen molar-refractivity contribution >= 4 is 50.4 Å². The first-order valence-corrected chi connectivity index (χ1v) is 15.0. The second kappa shape index (κ2) is 13.9. The zero-order valence-corrected chi connectivity index (χ0v) is 24.7. The van der Waals surface area contributed by atoms with Crippen LogP contribution in [0, 0.1) is 3.57 Å². The maximum Gasteiger partial charge on any atom is 0.264 e. The molecular weight excluding hydrogens is 641 g/mol. The molecule has 0 unspecified atom stereocenters. The highest BCUT2D eigenvalue weighted by Gasteiger charge is 2.27. The lowest BCUT2D eigenvalue weighted by molar-refractivity contribution is -0.119. The summed E-state index contributed by atoms with van der Waals surface area (Å²) in [4.78, 5) is 12.9. The van der Waals surface area contributed by atoms with Crippen LogP contribution in [-0.4, -0.2) is 33.7 Å². The molecule has 0 radical (unpaired) electrons. The fourth-order valence-electron chi connectivity index (χ4n) is 3.71. The minimum absolute atomic E-state index is 0.0860. The van der Waals surface area contributed by atoms with Crippen molar-refractivity contribution in [3.63, 3.8) is 0 Å². The molecular formula is C30H28IN3O5S. The molecule has 4 aromatic carbocycles. The molecule has 0 aliphatic rings. The number of benzene rings is 4. The van der Waals surface area contributed by atoms with Crippen molar-refractivity contribution in [1.82, 2.24) is 5.43 Å². The van der Waals surface area contributed by atoms with Crippen LogP contribution in [0.3, 0.4) is 0 Å². The monoisotopic (exact) mass is 669 g/mol. The van der Waals surface area contributed by atoms with Gasteiger partial charge in [-0.3, -0.25) is 9.10 Å². The van der Waals surface area contributed by atoms with E-state index in [0.717, 1.165) is 13.4 Å². The lowest BCUT2D eigenvalue weighted by Crippen LogP contribution is -2.39. The van der Waals surface area contributed by atoms with Crippen molar-refractivity contribution in [1.29, 1.82) is 0 Å². The number of halogens is 1. The first-order valence-electron chi connectivity index (χ1n) is 12.5. The number of anilines is 1. The third-order valence-electron chi connectivity index (χ3n) is 5.64. The molecule has 4 rings (SSSR count). The summed E-state index contributed by atoms with van der Waals surface area (Å²) in [6.07, 6.45) is 1.46. The van der Waals surface area contributed by atoms with E-state index >= 15 is 0 Å². The standard InChI is InChI=1S/C30H28IN3O5S/c1-2-38-29-19-24(13-18-28(29)39-22-23-9-5-3-6-10-23)20-32-33-30(35)21-34(26-16-14-25(31)15-17-26)40(36,37)27-11-7-4-8-12-27/h3-20H,2,21-22H2,1H3,(H,33,35)/b32-20-. The summed E-state index contributed by atoms with van der Waals surface area (Å²) in [5.41, 5.74) is 4.50. The van der Waals surface area contributed by atoms with Gasteiger partial charge in [0.2, 0.25) is 0 Å². The van der Waals surface area contributed by atoms with Gasteiger partial charge in [0.15, 0.2) is 11.5 Å². The second-order valence-corrected chi connectivity index (χ2v) is 11.6. The number of hydrogen-bond donors (Lipinski definition) is 1.